The molecular weight excluding hydrogens is 304 g/mol. The highest BCUT2D eigenvalue weighted by atomic mass is 16.5. The van der Waals surface area contributed by atoms with Gasteiger partial charge in [-0.1, -0.05) is 31.0 Å². The molecule has 0 bridgehead atoms. The van der Waals surface area contributed by atoms with E-state index in [1.165, 1.54) is 12.8 Å². The molecule has 126 valence electrons. The van der Waals surface area contributed by atoms with Crippen LogP contribution >= 0.6 is 0 Å². The first-order valence-electron chi connectivity index (χ1n) is 8.72. The number of oxazole rings is 1. The molecular formula is C19H22N2O3. The topological polar surface area (TPSA) is 55.6 Å². The van der Waals surface area contributed by atoms with Crippen LogP contribution in [-0.4, -0.2) is 41.1 Å². The molecule has 1 aliphatic carbocycles. The van der Waals surface area contributed by atoms with Crippen LogP contribution in [0.5, 0.6) is 0 Å². The fourth-order valence-electron chi connectivity index (χ4n) is 3.76. The second kappa shape index (κ2) is 6.77. The fourth-order valence-corrected chi connectivity index (χ4v) is 3.76. The number of rotatable bonds is 3. The van der Waals surface area contributed by atoms with E-state index in [-0.39, 0.29) is 18.1 Å². The van der Waals surface area contributed by atoms with E-state index in [4.69, 9.17) is 9.15 Å². The van der Waals surface area contributed by atoms with Crippen LogP contribution in [0.4, 0.5) is 0 Å². The van der Waals surface area contributed by atoms with Crippen LogP contribution < -0.4 is 0 Å². The lowest BCUT2D eigenvalue weighted by Gasteiger charge is -2.43. The van der Waals surface area contributed by atoms with Gasteiger partial charge < -0.3 is 14.1 Å². The molecule has 0 radical (unpaired) electrons. The average molecular weight is 326 g/mol. The molecule has 1 amide bonds. The summed E-state index contributed by atoms with van der Waals surface area (Å²) in [6.07, 6.45) is 6.59. The maximum Gasteiger partial charge on any atom is 0.229 e. The summed E-state index contributed by atoms with van der Waals surface area (Å²) in [5, 5.41) is 0. The number of carbonyl (C=O) groups excluding carboxylic acids is 1. The number of hydrogen-bond donors (Lipinski definition) is 0. The smallest absolute Gasteiger partial charge is 0.229 e. The first kappa shape index (κ1) is 15.4. The summed E-state index contributed by atoms with van der Waals surface area (Å²) in [6.45, 7) is 1.32. The number of benzene rings is 1. The van der Waals surface area contributed by atoms with Gasteiger partial charge in [0.25, 0.3) is 0 Å². The van der Waals surface area contributed by atoms with Crippen molar-refractivity contribution < 1.29 is 13.9 Å². The number of ether oxygens (including phenoxy) is 1. The number of fused-ring (bicyclic) bond motifs is 1. The molecule has 0 unspecified atom stereocenters. The summed E-state index contributed by atoms with van der Waals surface area (Å²) in [5.74, 6) is 0.694. The Hall–Kier alpha value is -2.14. The highest BCUT2D eigenvalue weighted by Crippen LogP contribution is 2.29. The molecule has 2 aromatic rings. The highest BCUT2D eigenvalue weighted by Gasteiger charge is 2.36. The first-order chi connectivity index (χ1) is 11.8. The number of hydrogen-bond acceptors (Lipinski definition) is 4. The van der Waals surface area contributed by atoms with E-state index in [9.17, 15) is 4.79 Å². The summed E-state index contributed by atoms with van der Waals surface area (Å²) >= 11 is 0. The Morgan fingerprint density at radius 1 is 1.21 bits per heavy atom. The molecule has 2 heterocycles. The van der Waals surface area contributed by atoms with E-state index in [2.05, 4.69) is 4.98 Å². The number of amides is 1. The van der Waals surface area contributed by atoms with Gasteiger partial charge in [0, 0.05) is 12.1 Å². The van der Waals surface area contributed by atoms with Crippen LogP contribution in [0.15, 0.2) is 41.0 Å². The second-order valence-electron chi connectivity index (χ2n) is 6.53. The van der Waals surface area contributed by atoms with Crippen molar-refractivity contribution in [2.45, 2.75) is 44.2 Å². The molecule has 1 aromatic carbocycles. The molecule has 5 nitrogen and oxygen atoms in total. The van der Waals surface area contributed by atoms with Crippen LogP contribution in [0.1, 0.15) is 31.4 Å². The predicted octanol–water partition coefficient (Wildman–Crippen LogP) is 3.05. The van der Waals surface area contributed by atoms with E-state index in [0.29, 0.717) is 31.2 Å². The highest BCUT2D eigenvalue weighted by molar-refractivity contribution is 5.79. The maximum absolute atomic E-state index is 12.8. The third kappa shape index (κ3) is 3.08. The summed E-state index contributed by atoms with van der Waals surface area (Å²) < 4.78 is 11.4. The summed E-state index contributed by atoms with van der Waals surface area (Å²) in [6, 6.07) is 9.98. The first-order valence-corrected chi connectivity index (χ1v) is 8.72. The number of carbonyl (C=O) groups is 1. The summed E-state index contributed by atoms with van der Waals surface area (Å²) in [5.41, 5.74) is 1.62. The Balaban J connectivity index is 1.45. The predicted molar refractivity (Wildman–Crippen MR) is 89.4 cm³/mol. The van der Waals surface area contributed by atoms with Crippen molar-refractivity contribution >= 4 is 5.91 Å². The molecule has 1 saturated heterocycles. The van der Waals surface area contributed by atoms with Gasteiger partial charge in [0.15, 0.2) is 0 Å². The van der Waals surface area contributed by atoms with Crippen molar-refractivity contribution in [3.8, 4) is 11.5 Å². The van der Waals surface area contributed by atoms with Gasteiger partial charge in [-0.05, 0) is 25.0 Å². The van der Waals surface area contributed by atoms with Crippen molar-refractivity contribution in [3.63, 3.8) is 0 Å². The van der Waals surface area contributed by atoms with Crippen molar-refractivity contribution in [1.29, 1.82) is 0 Å². The van der Waals surface area contributed by atoms with E-state index in [1.54, 1.807) is 6.26 Å². The summed E-state index contributed by atoms with van der Waals surface area (Å²) in [7, 11) is 0. The Morgan fingerprint density at radius 2 is 2.04 bits per heavy atom. The molecule has 4 rings (SSSR count). The summed E-state index contributed by atoms with van der Waals surface area (Å²) in [4.78, 5) is 19.2. The van der Waals surface area contributed by atoms with Crippen LogP contribution in [0, 0.1) is 0 Å². The number of nitrogens with zero attached hydrogens (tertiary/aromatic N) is 2. The van der Waals surface area contributed by atoms with E-state index in [1.807, 2.05) is 35.2 Å². The zero-order valence-corrected chi connectivity index (χ0v) is 13.7. The Bertz CT molecular complexity index is 696. The molecule has 5 heteroatoms. The zero-order valence-electron chi connectivity index (χ0n) is 13.7. The van der Waals surface area contributed by atoms with Gasteiger partial charge in [-0.2, -0.15) is 0 Å². The van der Waals surface area contributed by atoms with Crippen molar-refractivity contribution in [2.75, 3.05) is 13.2 Å². The lowest BCUT2D eigenvalue weighted by molar-refractivity contribution is -0.148. The molecule has 2 atom stereocenters. The SMILES string of the molecule is O=C(Cc1coc(-c2ccccc2)n1)N1CCO[C@@H]2CCCC[C@H]21. The van der Waals surface area contributed by atoms with Gasteiger partial charge >= 0.3 is 0 Å². The molecule has 2 aliphatic rings. The minimum atomic E-state index is 0.128. The van der Waals surface area contributed by atoms with Crippen LogP contribution in [0.2, 0.25) is 0 Å². The zero-order chi connectivity index (χ0) is 16.4. The van der Waals surface area contributed by atoms with Crippen molar-refractivity contribution in [3.05, 3.63) is 42.3 Å². The second-order valence-corrected chi connectivity index (χ2v) is 6.53. The molecule has 24 heavy (non-hydrogen) atoms. The minimum absolute atomic E-state index is 0.128. The Morgan fingerprint density at radius 3 is 2.92 bits per heavy atom. The number of aromatic nitrogens is 1. The van der Waals surface area contributed by atoms with Crippen molar-refractivity contribution in [2.24, 2.45) is 0 Å². The van der Waals surface area contributed by atoms with Gasteiger partial charge in [-0.25, -0.2) is 4.98 Å². The standard InChI is InChI=1S/C19H22N2O3/c22-18(21-10-11-23-17-9-5-4-8-16(17)21)12-15-13-24-19(20-15)14-6-2-1-3-7-14/h1-3,6-7,13,16-17H,4-5,8-12H2/t16-,17-/m1/s1. The minimum Gasteiger partial charge on any atom is -0.444 e. The average Bonchev–Trinajstić information content (AvgIpc) is 3.10. The van der Waals surface area contributed by atoms with Gasteiger partial charge in [-0.3, -0.25) is 4.79 Å². The lowest BCUT2D eigenvalue weighted by atomic mass is 9.90. The Labute approximate surface area is 141 Å². The normalized spacial score (nSPS) is 23.8. The fraction of sp³-hybridized carbons (Fsp3) is 0.474. The van der Waals surface area contributed by atoms with Crippen LogP contribution in [0.3, 0.4) is 0 Å². The monoisotopic (exact) mass is 326 g/mol. The molecule has 0 N–H and O–H groups in total. The third-order valence-corrected chi connectivity index (χ3v) is 4.96. The van der Waals surface area contributed by atoms with Crippen LogP contribution in [-0.2, 0) is 16.0 Å². The third-order valence-electron chi connectivity index (χ3n) is 4.96. The van der Waals surface area contributed by atoms with E-state index >= 15 is 0 Å². The quantitative estimate of drug-likeness (QED) is 0.870. The number of morpholine rings is 1. The largest absolute Gasteiger partial charge is 0.444 e. The van der Waals surface area contributed by atoms with E-state index in [0.717, 1.165) is 18.4 Å². The molecule has 1 saturated carbocycles. The van der Waals surface area contributed by atoms with Gasteiger partial charge in [-0.15, -0.1) is 0 Å². The van der Waals surface area contributed by atoms with Gasteiger partial charge in [0.2, 0.25) is 11.8 Å². The maximum atomic E-state index is 12.8. The Kier molecular flexibility index (Phi) is 4.34. The molecule has 1 aromatic heterocycles. The molecule has 0 spiro atoms. The molecule has 2 fully saturated rings. The van der Waals surface area contributed by atoms with Gasteiger partial charge in [0.1, 0.15) is 6.26 Å². The van der Waals surface area contributed by atoms with E-state index < -0.39 is 0 Å². The molecule has 1 aliphatic heterocycles. The van der Waals surface area contributed by atoms with Crippen LogP contribution in [0.25, 0.3) is 11.5 Å². The van der Waals surface area contributed by atoms with Crippen molar-refractivity contribution in [1.82, 2.24) is 9.88 Å². The lowest BCUT2D eigenvalue weighted by Crippen LogP contribution is -2.55. The van der Waals surface area contributed by atoms with Gasteiger partial charge in [0.05, 0.1) is 30.9 Å².